The number of nitrogens with zero attached hydrogens (tertiary/aromatic N) is 1. The number of nitrogens with two attached hydrogens (primary N) is 1. The Morgan fingerprint density at radius 2 is 2.02 bits per heavy atom. The smallest absolute Gasteiger partial charge is 0.306 e. The lowest BCUT2D eigenvalue weighted by Crippen LogP contribution is -3.17. The number of aliphatic carboxylic acids is 1. The Balaban J connectivity index is 1.17. The van der Waals surface area contributed by atoms with E-state index in [1.54, 1.807) is 0 Å². The predicted molar refractivity (Wildman–Crippen MR) is 157 cm³/mol. The maximum absolute atomic E-state index is 11.5. The van der Waals surface area contributed by atoms with E-state index in [1.165, 1.54) is 37.0 Å². The SMILES string of the molecule is CC1NC(C2CCC(CCCCCC(O)(CNC3(C)CCNC(N)C3)CC(=O)O)CC2)C([NH+]2CC=NC2)CC1O. The first kappa shape index (κ1) is 31.8. The molecule has 40 heavy (non-hydrogen) atoms. The van der Waals surface area contributed by atoms with Crippen LogP contribution in [0.1, 0.15) is 97.3 Å². The van der Waals surface area contributed by atoms with Crippen LogP contribution in [0.15, 0.2) is 4.99 Å². The van der Waals surface area contributed by atoms with Crippen molar-refractivity contribution in [3.8, 4) is 0 Å². The molecule has 3 fully saturated rings. The second-order valence-electron chi connectivity index (χ2n) is 13.9. The molecule has 2 saturated heterocycles. The van der Waals surface area contributed by atoms with Gasteiger partial charge in [-0.15, -0.1) is 0 Å². The molecule has 4 rings (SSSR count). The van der Waals surface area contributed by atoms with Gasteiger partial charge in [0.05, 0.1) is 36.5 Å². The number of unbranched alkanes of at least 4 members (excludes halogenated alkanes) is 2. The van der Waals surface area contributed by atoms with Crippen LogP contribution in [0.25, 0.3) is 0 Å². The summed E-state index contributed by atoms with van der Waals surface area (Å²) in [5, 5.41) is 41.7. The number of carboxylic acids is 1. The molecular formula is C30H57N6O4+. The second kappa shape index (κ2) is 14.4. The summed E-state index contributed by atoms with van der Waals surface area (Å²) in [7, 11) is 0. The number of hydrogen-bond acceptors (Lipinski definition) is 8. The predicted octanol–water partition coefficient (Wildman–Crippen LogP) is 0.372. The fourth-order valence-corrected chi connectivity index (χ4v) is 7.88. The van der Waals surface area contributed by atoms with E-state index in [0.29, 0.717) is 24.4 Å². The summed E-state index contributed by atoms with van der Waals surface area (Å²) >= 11 is 0. The first-order chi connectivity index (χ1) is 19.1. The topological polar surface area (TPSA) is 157 Å². The lowest BCUT2D eigenvalue weighted by atomic mass is 9.72. The minimum Gasteiger partial charge on any atom is -0.481 e. The van der Waals surface area contributed by atoms with Gasteiger partial charge in [0.1, 0.15) is 12.6 Å². The fraction of sp³-hybridized carbons (Fsp3) is 0.933. The number of hydrogen-bond donors (Lipinski definition) is 8. The first-order valence-electron chi connectivity index (χ1n) is 16.0. The van der Waals surface area contributed by atoms with Crippen molar-refractivity contribution in [2.45, 2.75) is 139 Å². The molecule has 10 heteroatoms. The average Bonchev–Trinajstić information content (AvgIpc) is 3.44. The molecule has 0 aromatic rings. The molecule has 1 saturated carbocycles. The number of rotatable bonds is 13. The molecule has 3 aliphatic heterocycles. The van der Waals surface area contributed by atoms with Crippen LogP contribution in [0.3, 0.4) is 0 Å². The summed E-state index contributed by atoms with van der Waals surface area (Å²) < 4.78 is 0. The summed E-state index contributed by atoms with van der Waals surface area (Å²) in [6, 6.07) is 1.04. The third-order valence-electron chi connectivity index (χ3n) is 10.5. The number of piperidine rings is 2. The molecule has 1 aliphatic carbocycles. The Hall–Kier alpha value is -1.14. The van der Waals surface area contributed by atoms with E-state index >= 15 is 0 Å². The van der Waals surface area contributed by atoms with Crippen molar-refractivity contribution >= 4 is 12.2 Å². The van der Waals surface area contributed by atoms with Crippen molar-refractivity contribution in [1.82, 2.24) is 16.0 Å². The lowest BCUT2D eigenvalue weighted by Gasteiger charge is -2.45. The summed E-state index contributed by atoms with van der Waals surface area (Å²) in [5.74, 6) is 0.470. The molecule has 8 atom stereocenters. The number of β-amino-alcohol motifs (C(OH)–C–C–N with tert-alkyl or cyclic N) is 1. The summed E-state index contributed by atoms with van der Waals surface area (Å²) in [5.41, 5.74) is 4.64. The maximum atomic E-state index is 11.5. The van der Waals surface area contributed by atoms with E-state index in [9.17, 15) is 20.1 Å². The maximum Gasteiger partial charge on any atom is 0.306 e. The zero-order valence-corrected chi connectivity index (χ0v) is 24.9. The number of carbonyl (C=O) groups is 1. The molecule has 9 N–H and O–H groups in total. The van der Waals surface area contributed by atoms with Crippen LogP contribution >= 0.6 is 0 Å². The molecule has 8 unspecified atom stereocenters. The van der Waals surface area contributed by atoms with E-state index in [4.69, 9.17) is 5.73 Å². The van der Waals surface area contributed by atoms with E-state index in [1.807, 2.05) is 6.21 Å². The van der Waals surface area contributed by atoms with E-state index in [0.717, 1.165) is 64.2 Å². The van der Waals surface area contributed by atoms with Gasteiger partial charge in [0.15, 0.2) is 6.67 Å². The van der Waals surface area contributed by atoms with Crippen LogP contribution in [0.4, 0.5) is 0 Å². The third-order valence-corrected chi connectivity index (χ3v) is 10.5. The van der Waals surface area contributed by atoms with E-state index < -0.39 is 11.6 Å². The Labute approximate surface area is 240 Å². The highest BCUT2D eigenvalue weighted by molar-refractivity contribution is 5.68. The fourth-order valence-electron chi connectivity index (χ4n) is 7.88. The highest BCUT2D eigenvalue weighted by Crippen LogP contribution is 2.36. The first-order valence-corrected chi connectivity index (χ1v) is 16.0. The Morgan fingerprint density at radius 3 is 2.70 bits per heavy atom. The third kappa shape index (κ3) is 8.93. The van der Waals surface area contributed by atoms with Gasteiger partial charge < -0.3 is 41.9 Å². The van der Waals surface area contributed by atoms with Crippen molar-refractivity contribution in [2.75, 3.05) is 26.3 Å². The molecule has 0 radical (unpaired) electrons. The summed E-state index contributed by atoms with van der Waals surface area (Å²) in [6.45, 7) is 7.14. The zero-order chi connectivity index (χ0) is 28.8. The molecule has 230 valence electrons. The Kier molecular flexibility index (Phi) is 11.4. The molecule has 0 bridgehead atoms. The van der Waals surface area contributed by atoms with Gasteiger partial charge in [0, 0.05) is 24.5 Å². The second-order valence-corrected chi connectivity index (χ2v) is 13.9. The Bertz CT molecular complexity index is 831. The largest absolute Gasteiger partial charge is 0.481 e. The number of aliphatic imine (C=N–C) groups is 1. The monoisotopic (exact) mass is 565 g/mol. The van der Waals surface area contributed by atoms with Gasteiger partial charge in [-0.2, -0.15) is 0 Å². The van der Waals surface area contributed by atoms with E-state index in [2.05, 4.69) is 34.8 Å². The molecule has 4 aliphatic rings. The quantitative estimate of drug-likeness (QED) is 0.149. The molecule has 3 heterocycles. The average molecular weight is 566 g/mol. The van der Waals surface area contributed by atoms with Crippen molar-refractivity contribution < 1.29 is 25.0 Å². The molecule has 0 aromatic heterocycles. The summed E-state index contributed by atoms with van der Waals surface area (Å²) in [6.07, 6.45) is 13.7. The van der Waals surface area contributed by atoms with Crippen LogP contribution in [0, 0.1) is 11.8 Å². The minimum atomic E-state index is -1.24. The van der Waals surface area contributed by atoms with Crippen LogP contribution in [0.5, 0.6) is 0 Å². The molecule has 0 spiro atoms. The number of quaternary nitrogens is 1. The summed E-state index contributed by atoms with van der Waals surface area (Å²) in [4.78, 5) is 17.5. The highest BCUT2D eigenvalue weighted by atomic mass is 16.4. The molecule has 0 aromatic carbocycles. The van der Waals surface area contributed by atoms with Crippen LogP contribution < -0.4 is 26.6 Å². The van der Waals surface area contributed by atoms with Crippen LogP contribution in [0.2, 0.25) is 0 Å². The van der Waals surface area contributed by atoms with Gasteiger partial charge in [-0.1, -0.05) is 38.5 Å². The normalized spacial score (nSPS) is 40.1. The zero-order valence-electron chi connectivity index (χ0n) is 24.9. The van der Waals surface area contributed by atoms with Crippen molar-refractivity contribution in [3.05, 3.63) is 0 Å². The standard InChI is InChI=1S/C30H56N6O4/c1-21-25(37)16-24(36-15-14-32-20-36)28(35-21)23-9-7-22(8-10-23)6-4-3-5-11-30(40,18-27(38)39)19-34-29(2)12-13-33-26(31)17-29/h14,21-26,28,33-35,37,40H,3-13,15-20,31H2,1-2H3,(H,38,39)/p+1. The number of aliphatic hydroxyl groups excluding tert-OH is 1. The number of carboxylic acid groups (broad SMARTS) is 1. The van der Waals surface area contributed by atoms with Crippen molar-refractivity contribution in [2.24, 2.45) is 22.6 Å². The van der Waals surface area contributed by atoms with Gasteiger partial charge in [-0.05, 0) is 64.3 Å². The van der Waals surface area contributed by atoms with Gasteiger partial charge in [-0.25, -0.2) is 4.99 Å². The molecule has 10 nitrogen and oxygen atoms in total. The highest BCUT2D eigenvalue weighted by Gasteiger charge is 2.44. The minimum absolute atomic E-state index is 0.0773. The van der Waals surface area contributed by atoms with Gasteiger partial charge in [0.2, 0.25) is 0 Å². The van der Waals surface area contributed by atoms with Gasteiger partial charge in [0.25, 0.3) is 0 Å². The molecular weight excluding hydrogens is 508 g/mol. The van der Waals surface area contributed by atoms with Crippen molar-refractivity contribution in [3.63, 3.8) is 0 Å². The van der Waals surface area contributed by atoms with E-state index in [-0.39, 0.29) is 36.8 Å². The van der Waals surface area contributed by atoms with Gasteiger partial charge >= 0.3 is 5.97 Å². The van der Waals surface area contributed by atoms with Gasteiger partial charge in [-0.3, -0.25) is 4.79 Å². The van der Waals surface area contributed by atoms with Crippen molar-refractivity contribution in [1.29, 1.82) is 0 Å². The molecule has 0 amide bonds. The Morgan fingerprint density at radius 1 is 1.25 bits per heavy atom. The lowest BCUT2D eigenvalue weighted by molar-refractivity contribution is -0.914. The van der Waals surface area contributed by atoms with Crippen LogP contribution in [-0.4, -0.2) is 95.3 Å². The number of aliphatic hydroxyl groups is 2. The number of nitrogens with one attached hydrogen (secondary N) is 4. The van der Waals surface area contributed by atoms with Crippen LogP contribution in [-0.2, 0) is 4.79 Å².